The standard InChI is InChI=1S/C10H22N2O2/c1-3-5-7-8-12(11)10(13)14-9-6-4-2/h3-9,11H2,1-2H3. The van der Waals surface area contributed by atoms with Crippen LogP contribution in [0.3, 0.4) is 0 Å². The number of nitrogens with two attached hydrogens (primary N) is 1. The summed E-state index contributed by atoms with van der Waals surface area (Å²) >= 11 is 0. The Morgan fingerprint density at radius 1 is 1.21 bits per heavy atom. The molecule has 4 heteroatoms. The monoisotopic (exact) mass is 202 g/mol. The summed E-state index contributed by atoms with van der Waals surface area (Å²) in [6.45, 7) is 5.21. The van der Waals surface area contributed by atoms with Gasteiger partial charge in [0.25, 0.3) is 0 Å². The highest BCUT2D eigenvalue weighted by molar-refractivity contribution is 5.66. The van der Waals surface area contributed by atoms with E-state index >= 15 is 0 Å². The number of carbonyl (C=O) groups excluding carboxylic acids is 1. The summed E-state index contributed by atoms with van der Waals surface area (Å²) in [5.74, 6) is 5.50. The maximum Gasteiger partial charge on any atom is 0.424 e. The van der Waals surface area contributed by atoms with Crippen molar-refractivity contribution in [2.24, 2.45) is 5.84 Å². The molecular formula is C10H22N2O2. The molecule has 0 aliphatic heterocycles. The first kappa shape index (κ1) is 13.2. The molecule has 0 atom stereocenters. The van der Waals surface area contributed by atoms with Crippen molar-refractivity contribution in [3.8, 4) is 0 Å². The topological polar surface area (TPSA) is 55.6 Å². The zero-order valence-electron chi connectivity index (χ0n) is 9.29. The molecule has 0 saturated carbocycles. The first-order chi connectivity index (χ1) is 6.72. The number of nitrogens with zero attached hydrogens (tertiary/aromatic N) is 1. The number of hydrogen-bond acceptors (Lipinski definition) is 3. The first-order valence-corrected chi connectivity index (χ1v) is 5.41. The third-order valence-corrected chi connectivity index (χ3v) is 1.96. The van der Waals surface area contributed by atoms with Crippen LogP contribution in [0.5, 0.6) is 0 Å². The number of hydrogen-bond donors (Lipinski definition) is 1. The van der Waals surface area contributed by atoms with Crippen molar-refractivity contribution in [3.63, 3.8) is 0 Å². The van der Waals surface area contributed by atoms with Crippen LogP contribution in [0.4, 0.5) is 4.79 Å². The summed E-state index contributed by atoms with van der Waals surface area (Å²) in [6, 6.07) is 0. The fourth-order valence-electron chi connectivity index (χ4n) is 1.01. The molecule has 0 unspecified atom stereocenters. The Labute approximate surface area is 86.4 Å². The quantitative estimate of drug-likeness (QED) is 0.298. The molecular weight excluding hydrogens is 180 g/mol. The largest absolute Gasteiger partial charge is 0.448 e. The van der Waals surface area contributed by atoms with Gasteiger partial charge in [0.2, 0.25) is 0 Å². The maximum atomic E-state index is 11.2. The van der Waals surface area contributed by atoms with E-state index in [4.69, 9.17) is 10.6 Å². The minimum absolute atomic E-state index is 0.408. The van der Waals surface area contributed by atoms with Crippen molar-refractivity contribution in [1.29, 1.82) is 0 Å². The molecule has 84 valence electrons. The minimum Gasteiger partial charge on any atom is -0.448 e. The summed E-state index contributed by atoms with van der Waals surface area (Å²) in [4.78, 5) is 11.2. The van der Waals surface area contributed by atoms with Crippen LogP contribution < -0.4 is 5.84 Å². The molecule has 4 nitrogen and oxygen atoms in total. The summed E-state index contributed by atoms with van der Waals surface area (Å²) in [5, 5.41) is 1.16. The lowest BCUT2D eigenvalue weighted by atomic mass is 10.2. The Bertz CT molecular complexity index is 151. The lowest BCUT2D eigenvalue weighted by Gasteiger charge is -2.15. The number of ether oxygens (including phenoxy) is 1. The molecule has 0 spiro atoms. The Hall–Kier alpha value is -0.770. The predicted octanol–water partition coefficient (Wildman–Crippen LogP) is 2.29. The van der Waals surface area contributed by atoms with E-state index in [1.165, 1.54) is 0 Å². The van der Waals surface area contributed by atoms with Crippen LogP contribution in [0.2, 0.25) is 0 Å². The van der Waals surface area contributed by atoms with Gasteiger partial charge in [0.15, 0.2) is 0 Å². The van der Waals surface area contributed by atoms with Crippen molar-refractivity contribution in [3.05, 3.63) is 0 Å². The molecule has 0 aliphatic rings. The van der Waals surface area contributed by atoms with Crippen LogP contribution in [0.15, 0.2) is 0 Å². The number of unbranched alkanes of at least 4 members (excludes halogenated alkanes) is 3. The number of carbonyl (C=O) groups is 1. The van der Waals surface area contributed by atoms with E-state index in [0.29, 0.717) is 13.2 Å². The number of amides is 1. The molecule has 1 amide bonds. The molecule has 0 aromatic rings. The lowest BCUT2D eigenvalue weighted by Crippen LogP contribution is -2.38. The van der Waals surface area contributed by atoms with E-state index in [0.717, 1.165) is 37.1 Å². The second kappa shape index (κ2) is 8.81. The Morgan fingerprint density at radius 2 is 1.86 bits per heavy atom. The van der Waals surface area contributed by atoms with Crippen LogP contribution in [0.25, 0.3) is 0 Å². The second-order valence-electron chi connectivity index (χ2n) is 3.37. The minimum atomic E-state index is -0.408. The molecule has 0 aromatic carbocycles. The number of hydrazine groups is 1. The average molecular weight is 202 g/mol. The Balaban J connectivity index is 3.44. The number of rotatable bonds is 7. The fourth-order valence-corrected chi connectivity index (χ4v) is 1.01. The average Bonchev–Trinajstić information content (AvgIpc) is 2.18. The van der Waals surface area contributed by atoms with Gasteiger partial charge in [-0.1, -0.05) is 33.1 Å². The van der Waals surface area contributed by atoms with Crippen LogP contribution >= 0.6 is 0 Å². The smallest absolute Gasteiger partial charge is 0.424 e. The normalized spacial score (nSPS) is 9.93. The SMILES string of the molecule is CCCCCN(N)C(=O)OCCCC. The van der Waals surface area contributed by atoms with Gasteiger partial charge in [0.1, 0.15) is 0 Å². The van der Waals surface area contributed by atoms with Gasteiger partial charge in [-0.3, -0.25) is 0 Å². The molecule has 0 heterocycles. The van der Waals surface area contributed by atoms with Crippen molar-refractivity contribution in [1.82, 2.24) is 5.01 Å². The first-order valence-electron chi connectivity index (χ1n) is 5.41. The summed E-state index contributed by atoms with van der Waals surface area (Å²) in [7, 11) is 0. The van der Waals surface area contributed by atoms with Gasteiger partial charge >= 0.3 is 6.09 Å². The maximum absolute atomic E-state index is 11.2. The Morgan fingerprint density at radius 3 is 2.43 bits per heavy atom. The molecule has 0 aromatic heterocycles. The predicted molar refractivity (Wildman–Crippen MR) is 56.7 cm³/mol. The van der Waals surface area contributed by atoms with E-state index in [1.807, 2.05) is 0 Å². The molecule has 0 fully saturated rings. The zero-order chi connectivity index (χ0) is 10.8. The van der Waals surface area contributed by atoms with E-state index < -0.39 is 6.09 Å². The molecule has 0 aliphatic carbocycles. The van der Waals surface area contributed by atoms with Gasteiger partial charge in [0.05, 0.1) is 6.61 Å². The van der Waals surface area contributed by atoms with Crippen molar-refractivity contribution >= 4 is 6.09 Å². The molecule has 0 saturated heterocycles. The zero-order valence-corrected chi connectivity index (χ0v) is 9.29. The summed E-state index contributed by atoms with van der Waals surface area (Å²) < 4.78 is 4.94. The van der Waals surface area contributed by atoms with Gasteiger partial charge in [-0.25, -0.2) is 15.6 Å². The van der Waals surface area contributed by atoms with Crippen molar-refractivity contribution in [2.45, 2.75) is 46.0 Å². The van der Waals surface area contributed by atoms with E-state index in [1.54, 1.807) is 0 Å². The highest BCUT2D eigenvalue weighted by Crippen LogP contribution is 1.97. The van der Waals surface area contributed by atoms with Crippen molar-refractivity contribution < 1.29 is 9.53 Å². The van der Waals surface area contributed by atoms with Gasteiger partial charge in [-0.05, 0) is 12.8 Å². The molecule has 0 rings (SSSR count). The van der Waals surface area contributed by atoms with E-state index in [-0.39, 0.29) is 0 Å². The van der Waals surface area contributed by atoms with E-state index in [2.05, 4.69) is 13.8 Å². The van der Waals surface area contributed by atoms with Crippen LogP contribution in [0.1, 0.15) is 46.0 Å². The van der Waals surface area contributed by atoms with Crippen LogP contribution in [-0.4, -0.2) is 24.3 Å². The van der Waals surface area contributed by atoms with Gasteiger partial charge in [-0.15, -0.1) is 0 Å². The molecule has 0 radical (unpaired) electrons. The van der Waals surface area contributed by atoms with Crippen molar-refractivity contribution in [2.75, 3.05) is 13.2 Å². The molecule has 0 bridgehead atoms. The van der Waals surface area contributed by atoms with Crippen LogP contribution in [0, 0.1) is 0 Å². The Kier molecular flexibility index (Phi) is 8.33. The summed E-state index contributed by atoms with van der Waals surface area (Å²) in [6.07, 6.45) is 4.67. The fraction of sp³-hybridized carbons (Fsp3) is 0.900. The van der Waals surface area contributed by atoms with Crippen LogP contribution in [-0.2, 0) is 4.74 Å². The third kappa shape index (κ3) is 6.71. The van der Waals surface area contributed by atoms with E-state index in [9.17, 15) is 4.79 Å². The highest BCUT2D eigenvalue weighted by Gasteiger charge is 2.08. The lowest BCUT2D eigenvalue weighted by molar-refractivity contribution is 0.100. The second-order valence-corrected chi connectivity index (χ2v) is 3.37. The van der Waals surface area contributed by atoms with Gasteiger partial charge in [0, 0.05) is 6.54 Å². The highest BCUT2D eigenvalue weighted by atomic mass is 16.6. The third-order valence-electron chi connectivity index (χ3n) is 1.96. The summed E-state index contributed by atoms with van der Waals surface area (Å²) in [5.41, 5.74) is 0. The molecule has 2 N–H and O–H groups in total. The van der Waals surface area contributed by atoms with Gasteiger partial charge in [-0.2, -0.15) is 0 Å². The van der Waals surface area contributed by atoms with Gasteiger partial charge < -0.3 is 4.74 Å². The molecule has 14 heavy (non-hydrogen) atoms.